The standard InChI is InChI=1S/C23H23FN6O3S/c1-13-6-7-14(2)18(8-13)30-19(10-17-11-20(31)27-22(33)26-17)28-29-23(30)34-12-21(32)25-16-5-3-4-15(24)9-16/h3-9,17H,10-12H2,1-2H3,(H,25,32)(H2,26,27,31,33). The summed E-state index contributed by atoms with van der Waals surface area (Å²) in [5, 5.41) is 16.7. The minimum Gasteiger partial charge on any atom is -0.334 e. The molecule has 4 rings (SSSR count). The Morgan fingerprint density at radius 1 is 1.21 bits per heavy atom. The molecule has 4 amide bonds. The van der Waals surface area contributed by atoms with Crippen molar-refractivity contribution in [3.05, 3.63) is 65.2 Å². The van der Waals surface area contributed by atoms with Crippen molar-refractivity contribution in [2.45, 2.75) is 37.9 Å². The van der Waals surface area contributed by atoms with Crippen molar-refractivity contribution in [3.63, 3.8) is 0 Å². The third kappa shape index (κ3) is 5.60. The molecule has 3 N–H and O–H groups in total. The summed E-state index contributed by atoms with van der Waals surface area (Å²) in [6, 6.07) is 10.7. The molecule has 0 bridgehead atoms. The number of carbonyl (C=O) groups excluding carboxylic acids is 3. The van der Waals surface area contributed by atoms with Crippen molar-refractivity contribution in [2.75, 3.05) is 11.1 Å². The third-order valence-corrected chi connectivity index (χ3v) is 6.12. The smallest absolute Gasteiger partial charge is 0.321 e. The zero-order valence-corrected chi connectivity index (χ0v) is 19.4. The Hall–Kier alpha value is -3.73. The van der Waals surface area contributed by atoms with Crippen molar-refractivity contribution >= 4 is 35.3 Å². The monoisotopic (exact) mass is 482 g/mol. The van der Waals surface area contributed by atoms with Gasteiger partial charge in [0.1, 0.15) is 11.6 Å². The Morgan fingerprint density at radius 3 is 2.79 bits per heavy atom. The number of aryl methyl sites for hydroxylation is 2. The molecule has 1 saturated heterocycles. The van der Waals surface area contributed by atoms with E-state index in [0.717, 1.165) is 16.8 Å². The molecular formula is C23H23FN6O3S. The van der Waals surface area contributed by atoms with E-state index in [-0.39, 0.29) is 30.4 Å². The molecule has 0 aliphatic carbocycles. The molecule has 1 fully saturated rings. The fraction of sp³-hybridized carbons (Fsp3) is 0.261. The van der Waals surface area contributed by atoms with Gasteiger partial charge in [-0.25, -0.2) is 9.18 Å². The van der Waals surface area contributed by atoms with Gasteiger partial charge in [0, 0.05) is 24.6 Å². The molecule has 0 saturated carbocycles. The SMILES string of the molecule is Cc1ccc(C)c(-n2c(CC3CC(=O)NC(=O)N3)nnc2SCC(=O)Nc2cccc(F)c2)c1. The third-order valence-electron chi connectivity index (χ3n) is 5.20. The van der Waals surface area contributed by atoms with Gasteiger partial charge in [0.15, 0.2) is 5.16 Å². The maximum atomic E-state index is 13.4. The number of carbonyl (C=O) groups is 3. The van der Waals surface area contributed by atoms with Crippen molar-refractivity contribution < 1.29 is 18.8 Å². The van der Waals surface area contributed by atoms with E-state index in [9.17, 15) is 18.8 Å². The highest BCUT2D eigenvalue weighted by Crippen LogP contribution is 2.26. The minimum absolute atomic E-state index is 0.0298. The summed E-state index contributed by atoms with van der Waals surface area (Å²) in [4.78, 5) is 36.0. The average Bonchev–Trinajstić information content (AvgIpc) is 3.15. The van der Waals surface area contributed by atoms with E-state index in [1.165, 1.54) is 30.0 Å². The maximum absolute atomic E-state index is 13.4. The molecule has 0 spiro atoms. The Morgan fingerprint density at radius 2 is 2.03 bits per heavy atom. The molecule has 2 heterocycles. The first-order chi connectivity index (χ1) is 16.3. The fourth-order valence-corrected chi connectivity index (χ4v) is 4.40. The summed E-state index contributed by atoms with van der Waals surface area (Å²) in [6.45, 7) is 3.93. The zero-order chi connectivity index (χ0) is 24.2. The number of imide groups is 1. The van der Waals surface area contributed by atoms with Crippen LogP contribution in [-0.4, -0.2) is 44.4 Å². The lowest BCUT2D eigenvalue weighted by molar-refractivity contribution is -0.121. The maximum Gasteiger partial charge on any atom is 0.321 e. The summed E-state index contributed by atoms with van der Waals surface area (Å²) in [7, 11) is 0. The van der Waals surface area contributed by atoms with Crippen LogP contribution < -0.4 is 16.0 Å². The van der Waals surface area contributed by atoms with Gasteiger partial charge in [-0.2, -0.15) is 0 Å². The summed E-state index contributed by atoms with van der Waals surface area (Å²) in [5.41, 5.74) is 3.22. The molecule has 176 valence electrons. The molecular weight excluding hydrogens is 459 g/mol. The number of nitrogens with zero attached hydrogens (tertiary/aromatic N) is 3. The van der Waals surface area contributed by atoms with Crippen LogP contribution in [0.4, 0.5) is 14.9 Å². The molecule has 34 heavy (non-hydrogen) atoms. The number of hydrogen-bond donors (Lipinski definition) is 3. The minimum atomic E-state index is -0.539. The van der Waals surface area contributed by atoms with Crippen molar-refractivity contribution in [3.8, 4) is 5.69 Å². The zero-order valence-electron chi connectivity index (χ0n) is 18.6. The van der Waals surface area contributed by atoms with Crippen LogP contribution in [0.15, 0.2) is 47.6 Å². The van der Waals surface area contributed by atoms with Gasteiger partial charge < -0.3 is 10.6 Å². The molecule has 9 nitrogen and oxygen atoms in total. The van der Waals surface area contributed by atoms with E-state index in [0.29, 0.717) is 16.7 Å². The Labute approximate surface area is 199 Å². The van der Waals surface area contributed by atoms with Gasteiger partial charge in [-0.3, -0.25) is 19.5 Å². The molecule has 3 aromatic rings. The van der Waals surface area contributed by atoms with Crippen molar-refractivity contribution in [2.24, 2.45) is 0 Å². The highest BCUT2D eigenvalue weighted by atomic mass is 32.2. The molecule has 1 atom stereocenters. The number of anilines is 1. The van der Waals surface area contributed by atoms with Crippen molar-refractivity contribution in [1.82, 2.24) is 25.4 Å². The molecule has 1 aromatic heterocycles. The second kappa shape index (κ2) is 10.0. The highest BCUT2D eigenvalue weighted by Gasteiger charge is 2.27. The van der Waals surface area contributed by atoms with E-state index in [1.54, 1.807) is 6.07 Å². The molecule has 1 unspecified atom stereocenters. The summed E-state index contributed by atoms with van der Waals surface area (Å²) in [6.07, 6.45) is 0.416. The number of rotatable bonds is 7. The fourth-order valence-electron chi connectivity index (χ4n) is 3.64. The van der Waals surface area contributed by atoms with Crippen LogP contribution in [0, 0.1) is 19.7 Å². The topological polar surface area (TPSA) is 118 Å². The van der Waals surface area contributed by atoms with Gasteiger partial charge in [-0.05, 0) is 49.2 Å². The molecule has 11 heteroatoms. The lowest BCUT2D eigenvalue weighted by Gasteiger charge is -2.23. The molecule has 2 aromatic carbocycles. The lowest BCUT2D eigenvalue weighted by atomic mass is 10.1. The Balaban J connectivity index is 1.58. The van der Waals surface area contributed by atoms with Gasteiger partial charge in [0.2, 0.25) is 11.8 Å². The second-order valence-corrected chi connectivity index (χ2v) is 8.94. The van der Waals surface area contributed by atoms with Crippen LogP contribution in [0.2, 0.25) is 0 Å². The van der Waals surface area contributed by atoms with Gasteiger partial charge in [-0.1, -0.05) is 30.0 Å². The number of urea groups is 1. The normalized spacial score (nSPS) is 15.6. The quantitative estimate of drug-likeness (QED) is 0.446. The predicted molar refractivity (Wildman–Crippen MR) is 125 cm³/mol. The number of aromatic nitrogens is 3. The van der Waals surface area contributed by atoms with Crippen LogP contribution >= 0.6 is 11.8 Å². The number of amides is 4. The number of halogens is 1. The van der Waals surface area contributed by atoms with E-state index in [1.807, 2.05) is 36.6 Å². The van der Waals surface area contributed by atoms with Crippen LogP contribution in [-0.2, 0) is 16.0 Å². The van der Waals surface area contributed by atoms with Crippen molar-refractivity contribution in [1.29, 1.82) is 0 Å². The van der Waals surface area contributed by atoms with Gasteiger partial charge >= 0.3 is 6.03 Å². The number of benzene rings is 2. The average molecular weight is 483 g/mol. The molecule has 1 aliphatic heterocycles. The van der Waals surface area contributed by atoms with Gasteiger partial charge in [0.25, 0.3) is 0 Å². The summed E-state index contributed by atoms with van der Waals surface area (Å²) in [5.74, 6) is -0.517. The first-order valence-electron chi connectivity index (χ1n) is 10.6. The first kappa shape index (κ1) is 23.4. The van der Waals surface area contributed by atoms with Crippen LogP contribution in [0.1, 0.15) is 23.4 Å². The Kier molecular flexibility index (Phi) is 6.92. The van der Waals surface area contributed by atoms with E-state index >= 15 is 0 Å². The van der Waals surface area contributed by atoms with E-state index < -0.39 is 17.9 Å². The van der Waals surface area contributed by atoms with E-state index in [2.05, 4.69) is 26.1 Å². The van der Waals surface area contributed by atoms with Gasteiger partial charge in [0.05, 0.1) is 11.4 Å². The number of thioether (sulfide) groups is 1. The highest BCUT2D eigenvalue weighted by molar-refractivity contribution is 7.99. The number of hydrogen-bond acceptors (Lipinski definition) is 6. The summed E-state index contributed by atoms with van der Waals surface area (Å²) < 4.78 is 15.2. The van der Waals surface area contributed by atoms with Gasteiger partial charge in [-0.15, -0.1) is 10.2 Å². The predicted octanol–water partition coefficient (Wildman–Crippen LogP) is 2.89. The lowest BCUT2D eigenvalue weighted by Crippen LogP contribution is -2.53. The first-order valence-corrected chi connectivity index (χ1v) is 11.6. The second-order valence-electron chi connectivity index (χ2n) is 8.00. The summed E-state index contributed by atoms with van der Waals surface area (Å²) >= 11 is 1.19. The molecule has 1 aliphatic rings. The van der Waals surface area contributed by atoms with Crippen LogP contribution in [0.25, 0.3) is 5.69 Å². The Bertz CT molecular complexity index is 1250. The largest absolute Gasteiger partial charge is 0.334 e. The number of nitrogens with one attached hydrogen (secondary N) is 3. The molecule has 0 radical (unpaired) electrons. The van der Waals surface area contributed by atoms with Crippen LogP contribution in [0.3, 0.4) is 0 Å². The van der Waals surface area contributed by atoms with E-state index in [4.69, 9.17) is 0 Å². The van der Waals surface area contributed by atoms with Crippen LogP contribution in [0.5, 0.6) is 0 Å².